The van der Waals surface area contributed by atoms with Crippen molar-refractivity contribution in [3.63, 3.8) is 0 Å². The fourth-order valence-corrected chi connectivity index (χ4v) is 1.92. The van der Waals surface area contributed by atoms with Gasteiger partial charge in [0.1, 0.15) is 0 Å². The lowest BCUT2D eigenvalue weighted by Crippen LogP contribution is -2.46. The number of rotatable bonds is 4. The number of hydrogen-bond acceptors (Lipinski definition) is 3. The largest absolute Gasteiger partial charge is 0.514 e. The summed E-state index contributed by atoms with van der Waals surface area (Å²) < 4.78 is 171. The highest BCUT2D eigenvalue weighted by atomic mass is 31.2. The van der Waals surface area contributed by atoms with Gasteiger partial charge in [-0.15, -0.1) is 4.20 Å². The van der Waals surface area contributed by atoms with Gasteiger partial charge in [0.2, 0.25) is 0 Å². The van der Waals surface area contributed by atoms with Gasteiger partial charge in [-0.1, -0.05) is 0 Å². The topological polar surface area (TPSA) is 35.5 Å². The monoisotopic (exact) mass is 400 g/mol. The Morgan fingerprint density at radius 1 is 0.565 bits per heavy atom. The van der Waals surface area contributed by atoms with Crippen LogP contribution in [-0.4, -0.2) is 36.9 Å². The second kappa shape index (κ2) is 6.27. The molecule has 0 heterocycles. The molecular formula is C6H2F13O3P. The third kappa shape index (κ3) is 7.12. The normalized spacial score (nSPS) is 15.6. The highest BCUT2D eigenvalue weighted by Crippen LogP contribution is 2.58. The van der Waals surface area contributed by atoms with Crippen LogP contribution in [0.1, 0.15) is 0 Å². The molecule has 0 aliphatic rings. The van der Waals surface area contributed by atoms with Gasteiger partial charge >= 0.3 is 32.6 Å². The molecule has 0 aliphatic heterocycles. The van der Waals surface area contributed by atoms with Gasteiger partial charge in [-0.3, -0.25) is 9.05 Å². The van der Waals surface area contributed by atoms with Gasteiger partial charge in [0.25, 0.3) is 12.2 Å². The Balaban J connectivity index is 5.52. The first-order chi connectivity index (χ1) is 9.68. The van der Waals surface area contributed by atoms with Crippen molar-refractivity contribution in [3.05, 3.63) is 0 Å². The third-order valence-corrected chi connectivity index (χ3v) is 2.58. The lowest BCUT2D eigenvalue weighted by Gasteiger charge is -2.27. The Kier molecular flexibility index (Phi) is 6.07. The Morgan fingerprint density at radius 2 is 0.739 bits per heavy atom. The molecule has 0 saturated heterocycles. The second-order valence-electron chi connectivity index (χ2n) is 3.57. The molecule has 0 saturated carbocycles. The van der Waals surface area contributed by atoms with E-state index in [2.05, 4.69) is 9.05 Å². The molecule has 0 spiro atoms. The lowest BCUT2D eigenvalue weighted by atomic mass is 10.3. The molecule has 0 aromatic heterocycles. The molecule has 140 valence electrons. The van der Waals surface area contributed by atoms with Gasteiger partial charge in [-0.25, -0.2) is 4.57 Å². The van der Waals surface area contributed by atoms with Gasteiger partial charge in [0, 0.05) is 0 Å². The fourth-order valence-electron chi connectivity index (χ4n) is 0.887. The first kappa shape index (κ1) is 22.2. The summed E-state index contributed by atoms with van der Waals surface area (Å²) in [5, 5.41) is 0. The molecule has 0 rings (SSSR count). The van der Waals surface area contributed by atoms with Gasteiger partial charge in [0.05, 0.1) is 0 Å². The van der Waals surface area contributed by atoms with E-state index in [1.165, 1.54) is 0 Å². The zero-order valence-corrected chi connectivity index (χ0v) is 10.6. The maximum atomic E-state index is 12.8. The van der Waals surface area contributed by atoms with Crippen LogP contribution in [0.4, 0.5) is 56.9 Å². The maximum Gasteiger partial charge on any atom is 0.514 e. The molecule has 0 radical (unpaired) electrons. The lowest BCUT2D eigenvalue weighted by molar-refractivity contribution is -0.315. The average Bonchev–Trinajstić information content (AvgIpc) is 2.16. The van der Waals surface area contributed by atoms with Crippen molar-refractivity contribution in [2.45, 2.75) is 36.9 Å². The smallest absolute Gasteiger partial charge is 0.261 e. The molecule has 0 bridgehead atoms. The summed E-state index contributed by atoms with van der Waals surface area (Å²) in [6, 6.07) is 0. The zero-order chi connectivity index (χ0) is 19.1. The Hall–Kier alpha value is -0.760. The molecule has 17 heteroatoms. The molecule has 0 fully saturated rings. The fraction of sp³-hybridized carbons (Fsp3) is 1.00. The van der Waals surface area contributed by atoms with Crippen LogP contribution in [0.5, 0.6) is 0 Å². The van der Waals surface area contributed by atoms with Crippen molar-refractivity contribution in [1.82, 2.24) is 0 Å². The van der Waals surface area contributed by atoms with Crippen LogP contribution >= 0.6 is 7.91 Å². The highest BCUT2D eigenvalue weighted by molar-refractivity contribution is 7.48. The van der Waals surface area contributed by atoms with Gasteiger partial charge in [-0.2, -0.15) is 52.7 Å². The summed E-state index contributed by atoms with van der Waals surface area (Å²) in [6.45, 7) is 0. The quantitative estimate of drug-likeness (QED) is 0.488. The predicted molar refractivity (Wildman–Crippen MR) is 42.7 cm³/mol. The molecule has 0 atom stereocenters. The van der Waals surface area contributed by atoms with Crippen LogP contribution in [-0.2, 0) is 13.6 Å². The number of hydrogen-bond donors (Lipinski definition) is 0. The van der Waals surface area contributed by atoms with Gasteiger partial charge < -0.3 is 0 Å². The molecule has 23 heavy (non-hydrogen) atoms. The number of alkyl halides is 12. The van der Waals surface area contributed by atoms with Crippen LogP contribution in [0.2, 0.25) is 0 Å². The summed E-state index contributed by atoms with van der Waals surface area (Å²) in [7, 11) is -7.57. The van der Waals surface area contributed by atoms with Crippen LogP contribution in [0.3, 0.4) is 0 Å². The SMILES string of the molecule is O=P(F)(OC(C(F)(F)F)C(F)(F)F)OC(C(F)(F)F)C(F)(F)F. The summed E-state index contributed by atoms with van der Waals surface area (Å²) in [6.07, 6.45) is -36.7. The second-order valence-corrected chi connectivity index (χ2v) is 4.85. The maximum absolute atomic E-state index is 12.8. The zero-order valence-electron chi connectivity index (χ0n) is 9.74. The summed E-state index contributed by atoms with van der Waals surface area (Å²) in [5.41, 5.74) is 0. The van der Waals surface area contributed by atoms with Crippen molar-refractivity contribution < 1.29 is 70.5 Å². The molecule has 0 aliphatic carbocycles. The minimum absolute atomic E-state index is 2.20. The Bertz CT molecular complexity index is 379. The minimum Gasteiger partial charge on any atom is -0.261 e. The average molecular weight is 400 g/mol. The first-order valence-electron chi connectivity index (χ1n) is 4.61. The molecule has 0 aromatic carbocycles. The summed E-state index contributed by atoms with van der Waals surface area (Å²) in [4.78, 5) is 0. The summed E-state index contributed by atoms with van der Waals surface area (Å²) >= 11 is 0. The van der Waals surface area contributed by atoms with Crippen molar-refractivity contribution >= 4 is 7.91 Å². The van der Waals surface area contributed by atoms with E-state index in [-0.39, 0.29) is 0 Å². The molecular weight excluding hydrogens is 398 g/mol. The van der Waals surface area contributed by atoms with Crippen LogP contribution in [0.15, 0.2) is 0 Å². The van der Waals surface area contributed by atoms with Crippen molar-refractivity contribution in [3.8, 4) is 0 Å². The van der Waals surface area contributed by atoms with E-state index in [1.807, 2.05) is 0 Å². The van der Waals surface area contributed by atoms with Crippen molar-refractivity contribution in [2.24, 2.45) is 0 Å². The predicted octanol–water partition coefficient (Wildman–Crippen LogP) is 5.08. The Morgan fingerprint density at radius 3 is 0.870 bits per heavy atom. The van der Waals surface area contributed by atoms with Gasteiger partial charge in [-0.05, 0) is 0 Å². The minimum atomic E-state index is -7.57. The van der Waals surface area contributed by atoms with Crippen LogP contribution < -0.4 is 0 Å². The van der Waals surface area contributed by atoms with E-state index in [0.717, 1.165) is 0 Å². The first-order valence-corrected chi connectivity index (χ1v) is 6.04. The highest BCUT2D eigenvalue weighted by Gasteiger charge is 2.65. The number of halogens is 13. The summed E-state index contributed by atoms with van der Waals surface area (Å²) in [5.74, 6) is 0. The molecule has 0 N–H and O–H groups in total. The van der Waals surface area contributed by atoms with Crippen LogP contribution in [0, 0.1) is 0 Å². The standard InChI is InChI=1S/C6H2F13O3P/c7-3(8,9)1(4(10,11)12)21-23(19,20)22-2(5(13,14)15)6(16,17)18/h1-2H. The molecule has 0 unspecified atom stereocenters. The van der Waals surface area contributed by atoms with Crippen LogP contribution in [0.25, 0.3) is 0 Å². The Labute approximate surface area is 117 Å². The molecule has 0 amide bonds. The molecule has 3 nitrogen and oxygen atoms in total. The van der Waals surface area contributed by atoms with Crippen molar-refractivity contribution in [2.75, 3.05) is 0 Å². The molecule has 0 aromatic rings. The van der Waals surface area contributed by atoms with E-state index < -0.39 is 44.8 Å². The van der Waals surface area contributed by atoms with Gasteiger partial charge in [0.15, 0.2) is 0 Å². The van der Waals surface area contributed by atoms with E-state index in [1.54, 1.807) is 0 Å². The van der Waals surface area contributed by atoms with Crippen molar-refractivity contribution in [1.29, 1.82) is 0 Å². The van der Waals surface area contributed by atoms with E-state index in [0.29, 0.717) is 0 Å². The van der Waals surface area contributed by atoms with E-state index in [4.69, 9.17) is 0 Å². The van der Waals surface area contributed by atoms with E-state index >= 15 is 0 Å². The third-order valence-electron chi connectivity index (χ3n) is 1.65. The van der Waals surface area contributed by atoms with E-state index in [9.17, 15) is 61.4 Å².